The Kier molecular flexibility index (Phi) is 61.0. The van der Waals surface area contributed by atoms with Crippen LogP contribution in [0.1, 0.15) is 342 Å². The molecule has 9 nitrogen and oxygen atoms in total. The number of nitrogens with zero attached hydrogens (tertiary/aromatic N) is 1. The van der Waals surface area contributed by atoms with Crippen molar-refractivity contribution < 1.29 is 37.3 Å². The number of hydrogen-bond donors (Lipinski definition) is 2. The van der Waals surface area contributed by atoms with Gasteiger partial charge in [0.25, 0.3) is 0 Å². The van der Waals surface area contributed by atoms with Gasteiger partial charge in [-0.05, 0) is 96.0 Å². The maximum absolute atomic E-state index is 13.6. The Balaban J connectivity index is 5.10. The van der Waals surface area contributed by atoms with E-state index in [0.717, 1.165) is 70.6 Å². The maximum Gasteiger partial charge on any atom is 0.472 e. The Hall–Kier alpha value is -2.29. The fourth-order valence-electron chi connectivity index (χ4n) is 10.4. The highest BCUT2D eigenvalue weighted by molar-refractivity contribution is 7.47. The molecule has 0 rings (SSSR count). The number of carbonyl (C=O) groups excluding carboxylic acids is 2. The molecule has 10 heteroatoms. The Morgan fingerprint density at radius 1 is 0.422 bits per heavy atom. The molecule has 1 amide bonds. The van der Waals surface area contributed by atoms with Crippen LogP contribution in [0.25, 0.3) is 0 Å². The van der Waals surface area contributed by atoms with E-state index < -0.39 is 20.0 Å². The number of ether oxygens (including phenoxy) is 1. The first-order chi connectivity index (χ1) is 40.4. The minimum atomic E-state index is -4.46. The standard InChI is InChI=1S/C73H137N2O7P/c1-7-10-13-16-19-22-25-28-30-32-34-35-36-37-38-39-41-42-44-47-50-53-56-59-62-65-72(76)74-70(69-81-83(78,79)80-68-67-75(4,5)6)71(64-61-58-55-52-49-46-27-24-21-18-15-12-9-3)82-73(77)66-63-60-57-54-51-48-45-43-40-33-31-29-26-23-20-17-14-11-8-2/h19,22,28-31,34-35,61,64,70-71H,7-18,20-21,23-27,32-33,36-60,62-63,65-69H2,1-6H3,(H-,74,76,78,79)/p+1/b22-19-,30-28-,31-29+,35-34-,64-61-. The van der Waals surface area contributed by atoms with Crippen LogP contribution in [-0.2, 0) is 27.9 Å². The minimum absolute atomic E-state index is 0.0397. The lowest BCUT2D eigenvalue weighted by atomic mass is 10.0. The van der Waals surface area contributed by atoms with Gasteiger partial charge in [0.2, 0.25) is 5.91 Å². The zero-order valence-corrected chi connectivity index (χ0v) is 56.6. The van der Waals surface area contributed by atoms with Crippen LogP contribution in [0, 0.1) is 0 Å². The second-order valence-corrected chi connectivity index (χ2v) is 26.9. The molecular formula is C73H138N2O7P+. The monoisotopic (exact) mass is 1190 g/mol. The molecule has 0 bridgehead atoms. The number of unbranched alkanes of at least 4 members (excludes halogenated alkanes) is 41. The van der Waals surface area contributed by atoms with Crippen molar-refractivity contribution in [3.8, 4) is 0 Å². The van der Waals surface area contributed by atoms with Crippen molar-refractivity contribution in [2.45, 2.75) is 354 Å². The molecule has 0 aromatic heterocycles. The van der Waals surface area contributed by atoms with Crippen molar-refractivity contribution in [2.24, 2.45) is 0 Å². The number of amides is 1. The van der Waals surface area contributed by atoms with Crippen LogP contribution < -0.4 is 5.32 Å². The van der Waals surface area contributed by atoms with E-state index >= 15 is 0 Å². The molecule has 0 heterocycles. The van der Waals surface area contributed by atoms with Gasteiger partial charge in [-0.2, -0.15) is 0 Å². The number of phosphoric ester groups is 1. The number of esters is 1. The zero-order valence-electron chi connectivity index (χ0n) is 55.7. The van der Waals surface area contributed by atoms with Crippen molar-refractivity contribution >= 4 is 19.7 Å². The van der Waals surface area contributed by atoms with E-state index in [2.05, 4.69) is 74.7 Å². The first-order valence-corrected chi connectivity index (χ1v) is 37.1. The molecule has 486 valence electrons. The second-order valence-electron chi connectivity index (χ2n) is 25.4. The first kappa shape index (κ1) is 80.7. The van der Waals surface area contributed by atoms with Gasteiger partial charge in [-0.15, -0.1) is 0 Å². The first-order valence-electron chi connectivity index (χ1n) is 35.6. The van der Waals surface area contributed by atoms with Crippen molar-refractivity contribution in [1.29, 1.82) is 0 Å². The quantitative estimate of drug-likeness (QED) is 0.0205. The molecule has 0 radical (unpaired) electrons. The molecule has 0 aromatic rings. The van der Waals surface area contributed by atoms with Gasteiger partial charge in [0.15, 0.2) is 0 Å². The summed E-state index contributed by atoms with van der Waals surface area (Å²) in [6.07, 6.45) is 80.8. The van der Waals surface area contributed by atoms with Crippen molar-refractivity contribution in [3.05, 3.63) is 60.8 Å². The van der Waals surface area contributed by atoms with Crippen LogP contribution in [0.5, 0.6) is 0 Å². The van der Waals surface area contributed by atoms with Crippen LogP contribution in [0.4, 0.5) is 0 Å². The summed E-state index contributed by atoms with van der Waals surface area (Å²) in [5, 5.41) is 3.07. The smallest absolute Gasteiger partial charge is 0.456 e. The van der Waals surface area contributed by atoms with E-state index in [4.69, 9.17) is 13.8 Å². The number of likely N-dealkylation sites (N-methyl/N-ethyl adjacent to an activating group) is 1. The summed E-state index contributed by atoms with van der Waals surface area (Å²) in [7, 11) is 1.50. The summed E-state index contributed by atoms with van der Waals surface area (Å²) in [5.74, 6) is -0.497. The lowest BCUT2D eigenvalue weighted by Gasteiger charge is -2.27. The van der Waals surface area contributed by atoms with Crippen LogP contribution >= 0.6 is 7.82 Å². The van der Waals surface area contributed by atoms with Crippen LogP contribution in [0.15, 0.2) is 60.8 Å². The maximum atomic E-state index is 13.6. The number of allylic oxidation sites excluding steroid dienone is 9. The lowest BCUT2D eigenvalue weighted by molar-refractivity contribution is -0.870. The van der Waals surface area contributed by atoms with E-state index in [1.54, 1.807) is 0 Å². The molecule has 2 N–H and O–H groups in total. The average molecular weight is 1190 g/mol. The molecule has 3 unspecified atom stereocenters. The Bertz CT molecular complexity index is 1600. The highest BCUT2D eigenvalue weighted by Crippen LogP contribution is 2.43. The molecule has 0 saturated carbocycles. The number of nitrogens with one attached hydrogen (secondary N) is 1. The summed E-state index contributed by atoms with van der Waals surface area (Å²) in [5.41, 5.74) is 0. The molecule has 0 saturated heterocycles. The third-order valence-corrected chi connectivity index (χ3v) is 16.9. The third kappa shape index (κ3) is 64.0. The predicted octanol–water partition coefficient (Wildman–Crippen LogP) is 22.6. The van der Waals surface area contributed by atoms with E-state index in [-0.39, 0.29) is 31.5 Å². The van der Waals surface area contributed by atoms with Gasteiger partial charge in [-0.3, -0.25) is 18.6 Å². The second kappa shape index (κ2) is 62.8. The highest BCUT2D eigenvalue weighted by Gasteiger charge is 2.30. The summed E-state index contributed by atoms with van der Waals surface area (Å²) in [6, 6.07) is -0.851. The SMILES string of the molecule is CCCCC/C=C\C/C=C\C/C=C\CCCCCCCCCCCCCCC(=O)NC(COP(=O)(O)OCC[N+](C)(C)C)C(/C=C\CCCCCCCCCCCCC)OC(=O)CCCCCCCCCCC/C=C/CCCCCCCC. The van der Waals surface area contributed by atoms with Crippen LogP contribution in [0.3, 0.4) is 0 Å². The Labute approximate surface area is 515 Å². The summed E-state index contributed by atoms with van der Waals surface area (Å²) in [4.78, 5) is 37.9. The number of phosphoric acid groups is 1. The summed E-state index contributed by atoms with van der Waals surface area (Å²) < 4.78 is 30.8. The van der Waals surface area contributed by atoms with E-state index in [1.165, 1.54) is 238 Å². The van der Waals surface area contributed by atoms with Crippen LogP contribution in [-0.4, -0.2) is 74.3 Å². The van der Waals surface area contributed by atoms with Gasteiger partial charge in [-0.25, -0.2) is 4.57 Å². The molecule has 83 heavy (non-hydrogen) atoms. The van der Waals surface area contributed by atoms with Gasteiger partial charge in [0, 0.05) is 12.8 Å². The van der Waals surface area contributed by atoms with Gasteiger partial charge < -0.3 is 19.4 Å². The van der Waals surface area contributed by atoms with Gasteiger partial charge in [0.1, 0.15) is 19.3 Å². The predicted molar refractivity (Wildman–Crippen MR) is 360 cm³/mol. The Morgan fingerprint density at radius 2 is 0.735 bits per heavy atom. The number of carbonyl (C=O) groups is 2. The average Bonchev–Trinajstić information content (AvgIpc) is 3.46. The van der Waals surface area contributed by atoms with Crippen LogP contribution in [0.2, 0.25) is 0 Å². The van der Waals surface area contributed by atoms with E-state index in [0.29, 0.717) is 17.4 Å². The molecule has 3 atom stereocenters. The molecule has 0 aliphatic heterocycles. The molecule has 0 aromatic carbocycles. The van der Waals surface area contributed by atoms with E-state index in [1.807, 2.05) is 33.3 Å². The highest BCUT2D eigenvalue weighted by atomic mass is 31.2. The number of quaternary nitrogens is 1. The minimum Gasteiger partial charge on any atom is -0.456 e. The van der Waals surface area contributed by atoms with Crippen molar-refractivity contribution in [1.82, 2.24) is 5.32 Å². The molecule has 0 aliphatic rings. The largest absolute Gasteiger partial charge is 0.472 e. The number of hydrogen-bond acceptors (Lipinski definition) is 6. The molecule has 0 fully saturated rings. The van der Waals surface area contributed by atoms with Crippen molar-refractivity contribution in [2.75, 3.05) is 40.9 Å². The van der Waals surface area contributed by atoms with E-state index in [9.17, 15) is 19.0 Å². The Morgan fingerprint density at radius 3 is 1.13 bits per heavy atom. The van der Waals surface area contributed by atoms with Gasteiger partial charge >= 0.3 is 13.8 Å². The fourth-order valence-corrected chi connectivity index (χ4v) is 11.2. The topological polar surface area (TPSA) is 111 Å². The zero-order chi connectivity index (χ0) is 60.7. The molecule has 0 spiro atoms. The van der Waals surface area contributed by atoms with Crippen molar-refractivity contribution in [3.63, 3.8) is 0 Å². The lowest BCUT2D eigenvalue weighted by Crippen LogP contribution is -2.47. The summed E-state index contributed by atoms with van der Waals surface area (Å²) >= 11 is 0. The van der Waals surface area contributed by atoms with Gasteiger partial charge in [-0.1, -0.05) is 294 Å². The normalized spacial score (nSPS) is 13.9. The number of rotatable bonds is 65. The molecule has 0 aliphatic carbocycles. The fraction of sp³-hybridized carbons (Fsp3) is 0.836. The third-order valence-electron chi connectivity index (χ3n) is 15.9. The van der Waals surface area contributed by atoms with Gasteiger partial charge in [0.05, 0.1) is 33.8 Å². The molecular weight excluding hydrogens is 1050 g/mol. The summed E-state index contributed by atoms with van der Waals surface area (Å²) in [6.45, 7) is 7.02.